The normalized spacial score (nSPS) is 12.7. The van der Waals surface area contributed by atoms with E-state index in [9.17, 15) is 8.42 Å². The van der Waals surface area contributed by atoms with E-state index in [4.69, 9.17) is 5.14 Å². The molecule has 0 spiro atoms. The Morgan fingerprint density at radius 3 is 2.76 bits per heavy atom. The van der Waals surface area contributed by atoms with E-state index in [1.807, 2.05) is 30.7 Å². The number of nitrogens with two attached hydrogens (primary N) is 1. The quantitative estimate of drug-likeness (QED) is 0.708. The zero-order valence-electron chi connectivity index (χ0n) is 11.8. The Morgan fingerprint density at radius 2 is 2.14 bits per heavy atom. The molecule has 0 fully saturated rings. The largest absolute Gasteiger partial charge is 0.305 e. The van der Waals surface area contributed by atoms with E-state index >= 15 is 0 Å². The first-order chi connectivity index (χ1) is 9.75. The van der Waals surface area contributed by atoms with Gasteiger partial charge in [0.1, 0.15) is 5.01 Å². The van der Waals surface area contributed by atoms with Crippen molar-refractivity contribution in [3.63, 3.8) is 0 Å². The van der Waals surface area contributed by atoms with E-state index in [0.29, 0.717) is 6.54 Å². The van der Waals surface area contributed by atoms with E-state index in [1.165, 1.54) is 0 Å². The maximum Gasteiger partial charge on any atom is 0.274 e. The summed E-state index contributed by atoms with van der Waals surface area (Å²) in [5.41, 5.74) is 1.65. The van der Waals surface area contributed by atoms with E-state index in [1.54, 1.807) is 22.7 Å². The molecule has 2 rings (SSSR count). The van der Waals surface area contributed by atoms with Crippen molar-refractivity contribution in [1.82, 2.24) is 15.0 Å². The van der Waals surface area contributed by atoms with Crippen LogP contribution in [0.1, 0.15) is 19.5 Å². The average molecular weight is 347 g/mol. The molecule has 21 heavy (non-hydrogen) atoms. The molecule has 0 aliphatic carbocycles. The highest BCUT2D eigenvalue weighted by Gasteiger charge is 2.19. The van der Waals surface area contributed by atoms with Gasteiger partial charge in [-0.3, -0.25) is 0 Å². The van der Waals surface area contributed by atoms with Gasteiger partial charge in [0.25, 0.3) is 10.2 Å². The van der Waals surface area contributed by atoms with Crippen molar-refractivity contribution in [3.05, 3.63) is 27.9 Å². The van der Waals surface area contributed by atoms with Crippen LogP contribution in [0.3, 0.4) is 0 Å². The molecule has 116 valence electrons. The number of rotatable bonds is 7. The molecule has 0 atom stereocenters. The maximum absolute atomic E-state index is 10.9. The van der Waals surface area contributed by atoms with Gasteiger partial charge in [-0.05, 0) is 25.3 Å². The highest BCUT2D eigenvalue weighted by atomic mass is 32.2. The monoisotopic (exact) mass is 346 g/mol. The Bertz CT molecular complexity index is 677. The second kappa shape index (κ2) is 6.51. The lowest BCUT2D eigenvalue weighted by atomic mass is 10.1. The summed E-state index contributed by atoms with van der Waals surface area (Å²) in [5, 5.41) is 15.3. The number of nitrogens with one attached hydrogen (secondary N) is 2. The first-order valence-corrected chi connectivity index (χ1v) is 9.61. The van der Waals surface area contributed by atoms with Gasteiger partial charge in [-0.2, -0.15) is 19.8 Å². The van der Waals surface area contributed by atoms with E-state index < -0.39 is 15.7 Å². The predicted molar refractivity (Wildman–Crippen MR) is 87.5 cm³/mol. The number of hydrogen-bond acceptors (Lipinski definition) is 6. The average Bonchev–Trinajstić information content (AvgIpc) is 3.04. The summed E-state index contributed by atoms with van der Waals surface area (Å²) in [4.78, 5) is 4.56. The minimum Gasteiger partial charge on any atom is -0.305 e. The van der Waals surface area contributed by atoms with Crippen LogP contribution in [0.25, 0.3) is 10.6 Å². The Balaban J connectivity index is 1.90. The van der Waals surface area contributed by atoms with Gasteiger partial charge in [0, 0.05) is 35.0 Å². The molecule has 0 saturated heterocycles. The molecule has 2 heterocycles. The summed E-state index contributed by atoms with van der Waals surface area (Å²) in [6.07, 6.45) is 0. The van der Waals surface area contributed by atoms with Gasteiger partial charge in [-0.15, -0.1) is 11.3 Å². The second-order valence-corrected chi connectivity index (χ2v) is 8.28. The lowest BCUT2D eigenvalue weighted by Gasteiger charge is -2.25. The Morgan fingerprint density at radius 1 is 1.38 bits per heavy atom. The van der Waals surface area contributed by atoms with Crippen LogP contribution >= 0.6 is 22.7 Å². The molecule has 0 unspecified atom stereocenters. The van der Waals surface area contributed by atoms with Crippen molar-refractivity contribution >= 4 is 32.9 Å². The standard InChI is InChI=1S/C12H18N4O2S3/c1-12(2,8-15-21(13,17)18)14-5-10-7-20-11(16-10)9-3-4-19-6-9/h3-4,6-7,14-15H,5,8H2,1-2H3,(H2,13,17,18). The first-order valence-electron chi connectivity index (χ1n) is 6.25. The van der Waals surface area contributed by atoms with Gasteiger partial charge < -0.3 is 5.32 Å². The zero-order valence-corrected chi connectivity index (χ0v) is 14.2. The van der Waals surface area contributed by atoms with Crippen molar-refractivity contribution in [3.8, 4) is 10.6 Å². The molecule has 0 radical (unpaired) electrons. The molecule has 0 bridgehead atoms. The molecule has 0 aliphatic rings. The van der Waals surface area contributed by atoms with Crippen LogP contribution in [-0.4, -0.2) is 25.5 Å². The Labute approximate surface area is 132 Å². The molecule has 6 nitrogen and oxygen atoms in total. The SMILES string of the molecule is CC(C)(CNS(N)(=O)=O)NCc1csc(-c2ccsc2)n1. The lowest BCUT2D eigenvalue weighted by Crippen LogP contribution is -2.49. The second-order valence-electron chi connectivity index (χ2n) is 5.26. The van der Waals surface area contributed by atoms with E-state index in [-0.39, 0.29) is 6.54 Å². The molecule has 0 amide bonds. The minimum absolute atomic E-state index is 0.216. The summed E-state index contributed by atoms with van der Waals surface area (Å²) in [7, 11) is -3.67. The van der Waals surface area contributed by atoms with Crippen LogP contribution in [0.5, 0.6) is 0 Å². The van der Waals surface area contributed by atoms with Gasteiger partial charge in [0.2, 0.25) is 0 Å². The van der Waals surface area contributed by atoms with Gasteiger partial charge in [-0.25, -0.2) is 14.8 Å². The summed E-state index contributed by atoms with van der Waals surface area (Å²) in [5.74, 6) is 0. The van der Waals surface area contributed by atoms with Gasteiger partial charge in [0.15, 0.2) is 0 Å². The predicted octanol–water partition coefficient (Wildman–Crippen LogP) is 1.53. The van der Waals surface area contributed by atoms with Crippen molar-refractivity contribution in [2.45, 2.75) is 25.9 Å². The zero-order chi connectivity index (χ0) is 15.5. The summed E-state index contributed by atoms with van der Waals surface area (Å²) in [6, 6.07) is 2.04. The molecule has 2 aromatic rings. The van der Waals surface area contributed by atoms with Crippen LogP contribution in [0.2, 0.25) is 0 Å². The fraction of sp³-hybridized carbons (Fsp3) is 0.417. The summed E-state index contributed by atoms with van der Waals surface area (Å²) >= 11 is 3.24. The van der Waals surface area contributed by atoms with Crippen molar-refractivity contribution < 1.29 is 8.42 Å². The molecular formula is C12H18N4O2S3. The van der Waals surface area contributed by atoms with E-state index in [0.717, 1.165) is 16.3 Å². The van der Waals surface area contributed by atoms with Crippen LogP contribution in [0.15, 0.2) is 22.2 Å². The van der Waals surface area contributed by atoms with Crippen LogP contribution < -0.4 is 15.2 Å². The number of nitrogens with zero attached hydrogens (tertiary/aromatic N) is 1. The fourth-order valence-corrected chi connectivity index (χ4v) is 3.67. The Kier molecular flexibility index (Phi) is 5.12. The number of aromatic nitrogens is 1. The van der Waals surface area contributed by atoms with Gasteiger partial charge in [-0.1, -0.05) is 0 Å². The molecule has 0 aliphatic heterocycles. The van der Waals surface area contributed by atoms with Crippen LogP contribution in [-0.2, 0) is 16.8 Å². The summed E-state index contributed by atoms with van der Waals surface area (Å²) in [6.45, 7) is 4.59. The Hall–Kier alpha value is -0.840. The number of thiophene rings is 1. The van der Waals surface area contributed by atoms with E-state index in [2.05, 4.69) is 20.4 Å². The third-order valence-corrected chi connectivity index (χ3v) is 4.95. The molecule has 9 heteroatoms. The van der Waals surface area contributed by atoms with Crippen molar-refractivity contribution in [2.75, 3.05) is 6.54 Å². The molecule has 4 N–H and O–H groups in total. The lowest BCUT2D eigenvalue weighted by molar-refractivity contribution is 0.381. The fourth-order valence-electron chi connectivity index (χ4n) is 1.58. The number of hydrogen-bond donors (Lipinski definition) is 3. The molecule has 0 aromatic carbocycles. The molecular weight excluding hydrogens is 328 g/mol. The first kappa shape index (κ1) is 16.5. The smallest absolute Gasteiger partial charge is 0.274 e. The third kappa shape index (κ3) is 5.46. The highest BCUT2D eigenvalue weighted by molar-refractivity contribution is 7.87. The minimum atomic E-state index is -3.67. The van der Waals surface area contributed by atoms with Gasteiger partial charge in [0.05, 0.1) is 5.69 Å². The van der Waals surface area contributed by atoms with Crippen molar-refractivity contribution in [2.24, 2.45) is 5.14 Å². The maximum atomic E-state index is 10.9. The summed E-state index contributed by atoms with van der Waals surface area (Å²) < 4.78 is 24.1. The van der Waals surface area contributed by atoms with Crippen LogP contribution in [0.4, 0.5) is 0 Å². The number of thiazole rings is 1. The topological polar surface area (TPSA) is 97.1 Å². The molecule has 2 aromatic heterocycles. The highest BCUT2D eigenvalue weighted by Crippen LogP contribution is 2.25. The molecule has 0 saturated carbocycles. The van der Waals surface area contributed by atoms with Gasteiger partial charge >= 0.3 is 0 Å². The van der Waals surface area contributed by atoms with Crippen molar-refractivity contribution in [1.29, 1.82) is 0 Å². The van der Waals surface area contributed by atoms with Crippen LogP contribution in [0, 0.1) is 0 Å². The third-order valence-electron chi connectivity index (χ3n) is 2.78.